The number of nitrogens with zero attached hydrogens (tertiary/aromatic N) is 2. The van der Waals surface area contributed by atoms with Crippen molar-refractivity contribution in [3.63, 3.8) is 0 Å². The lowest BCUT2D eigenvalue weighted by molar-refractivity contribution is -0.117. The molecule has 0 atom stereocenters. The van der Waals surface area contributed by atoms with Gasteiger partial charge < -0.3 is 15.5 Å². The zero-order valence-electron chi connectivity index (χ0n) is 15.0. The van der Waals surface area contributed by atoms with Crippen molar-refractivity contribution >= 4 is 29.3 Å². The highest BCUT2D eigenvalue weighted by Gasteiger charge is 2.21. The van der Waals surface area contributed by atoms with E-state index in [1.165, 1.54) is 0 Å². The van der Waals surface area contributed by atoms with Crippen LogP contribution in [0.2, 0.25) is 0 Å². The van der Waals surface area contributed by atoms with E-state index in [0.717, 1.165) is 54.8 Å². The molecule has 1 fully saturated rings. The Kier molecular flexibility index (Phi) is 8.39. The zero-order valence-corrected chi connectivity index (χ0v) is 15.8. The Labute approximate surface area is 155 Å². The molecule has 0 aliphatic carbocycles. The summed E-state index contributed by atoms with van der Waals surface area (Å²) in [7, 11) is 0. The molecule has 1 amide bonds. The Bertz CT molecular complexity index is 586. The van der Waals surface area contributed by atoms with E-state index < -0.39 is 0 Å². The average Bonchev–Trinajstić information content (AvgIpc) is 3.06. The van der Waals surface area contributed by atoms with Gasteiger partial charge >= 0.3 is 0 Å². The normalized spacial score (nSPS) is 14.7. The third-order valence-electron chi connectivity index (χ3n) is 3.86. The number of amides is 1. The number of carbonyl (C=O) groups excluding carboxylic acids is 1. The largest absolute Gasteiger partial charge is 0.357 e. The second-order valence-electron chi connectivity index (χ2n) is 5.80. The molecule has 136 valence electrons. The molecule has 25 heavy (non-hydrogen) atoms. The number of anilines is 1. The van der Waals surface area contributed by atoms with E-state index in [2.05, 4.69) is 29.1 Å². The highest BCUT2D eigenvalue weighted by Crippen LogP contribution is 2.21. The molecule has 1 aromatic rings. The molecule has 2 rings (SSSR count). The Hall–Kier alpha value is -1.95. The number of hydrogen-bond donors (Lipinski definition) is 2. The number of rotatable bonds is 9. The van der Waals surface area contributed by atoms with Gasteiger partial charge in [0.05, 0.1) is 6.54 Å². The van der Waals surface area contributed by atoms with E-state index in [-0.39, 0.29) is 5.91 Å². The van der Waals surface area contributed by atoms with Crippen LogP contribution < -0.4 is 15.5 Å². The molecule has 0 bridgehead atoms. The first-order valence-electron chi connectivity index (χ1n) is 8.84. The minimum Gasteiger partial charge on any atom is -0.357 e. The maximum Gasteiger partial charge on any atom is 0.227 e. The predicted octanol–water partition coefficient (Wildman–Crippen LogP) is 2.79. The van der Waals surface area contributed by atoms with Crippen LogP contribution >= 0.6 is 11.8 Å². The molecular formula is C19H28N4OS. The number of carbonyl (C=O) groups is 1. The summed E-state index contributed by atoms with van der Waals surface area (Å²) in [5.74, 6) is 3.05. The SMILES string of the molecule is C=CCSCCNC(=NCc1ccc(N2CCCC2=O)cc1)NCC. The lowest BCUT2D eigenvalue weighted by Crippen LogP contribution is -2.38. The Morgan fingerprint density at radius 2 is 2.16 bits per heavy atom. The fourth-order valence-electron chi connectivity index (χ4n) is 2.62. The van der Waals surface area contributed by atoms with Crippen molar-refractivity contribution in [2.24, 2.45) is 4.99 Å². The summed E-state index contributed by atoms with van der Waals surface area (Å²) < 4.78 is 0. The summed E-state index contributed by atoms with van der Waals surface area (Å²) in [5, 5.41) is 6.60. The van der Waals surface area contributed by atoms with Gasteiger partial charge in [0.1, 0.15) is 0 Å². The summed E-state index contributed by atoms with van der Waals surface area (Å²) in [6.45, 7) is 8.94. The van der Waals surface area contributed by atoms with Crippen LogP contribution in [0.3, 0.4) is 0 Å². The molecule has 0 radical (unpaired) electrons. The number of guanidine groups is 1. The molecule has 1 saturated heterocycles. The standard InChI is InChI=1S/C19H28N4OS/c1-3-13-25-14-11-21-19(20-4-2)22-15-16-7-9-17(10-8-16)23-12-5-6-18(23)24/h3,7-10H,1,4-6,11-15H2,2H3,(H2,20,21,22). The third-order valence-corrected chi connectivity index (χ3v) is 4.82. The minimum atomic E-state index is 0.221. The highest BCUT2D eigenvalue weighted by atomic mass is 32.2. The van der Waals surface area contributed by atoms with Crippen molar-refractivity contribution in [3.05, 3.63) is 42.5 Å². The molecule has 2 N–H and O–H groups in total. The van der Waals surface area contributed by atoms with Crippen molar-refractivity contribution in [2.45, 2.75) is 26.3 Å². The molecule has 0 aromatic heterocycles. The average molecular weight is 361 g/mol. The molecule has 1 heterocycles. The van der Waals surface area contributed by atoms with Gasteiger partial charge in [0.2, 0.25) is 5.91 Å². The molecular weight excluding hydrogens is 332 g/mol. The van der Waals surface area contributed by atoms with Crippen molar-refractivity contribution in [2.75, 3.05) is 36.0 Å². The van der Waals surface area contributed by atoms with Crippen LogP contribution in [0, 0.1) is 0 Å². The first-order valence-corrected chi connectivity index (χ1v) is 10.00. The Morgan fingerprint density at radius 3 is 2.80 bits per heavy atom. The molecule has 1 aliphatic rings. The van der Waals surface area contributed by atoms with Gasteiger partial charge in [-0.25, -0.2) is 4.99 Å². The fourth-order valence-corrected chi connectivity index (χ4v) is 3.20. The van der Waals surface area contributed by atoms with Gasteiger partial charge in [0.25, 0.3) is 0 Å². The van der Waals surface area contributed by atoms with E-state index in [1.807, 2.05) is 47.0 Å². The van der Waals surface area contributed by atoms with E-state index in [0.29, 0.717) is 13.0 Å². The van der Waals surface area contributed by atoms with Gasteiger partial charge in [-0.1, -0.05) is 18.2 Å². The van der Waals surface area contributed by atoms with Crippen LogP contribution in [0.4, 0.5) is 5.69 Å². The zero-order chi connectivity index (χ0) is 17.9. The molecule has 0 unspecified atom stereocenters. The summed E-state index contributed by atoms with van der Waals surface area (Å²) >= 11 is 1.85. The molecule has 0 spiro atoms. The summed E-state index contributed by atoms with van der Waals surface area (Å²) in [4.78, 5) is 18.3. The van der Waals surface area contributed by atoms with Crippen molar-refractivity contribution < 1.29 is 4.79 Å². The first-order chi connectivity index (χ1) is 12.2. The quantitative estimate of drug-likeness (QED) is 0.308. The van der Waals surface area contributed by atoms with E-state index in [4.69, 9.17) is 0 Å². The predicted molar refractivity (Wildman–Crippen MR) is 108 cm³/mol. The van der Waals surface area contributed by atoms with Gasteiger partial charge in [-0.3, -0.25) is 4.79 Å². The Morgan fingerprint density at radius 1 is 1.36 bits per heavy atom. The van der Waals surface area contributed by atoms with Crippen LogP contribution in [-0.4, -0.2) is 43.0 Å². The first kappa shape index (κ1) is 19.4. The fraction of sp³-hybridized carbons (Fsp3) is 0.474. The lowest BCUT2D eigenvalue weighted by atomic mass is 10.2. The van der Waals surface area contributed by atoms with Gasteiger partial charge in [0, 0.05) is 43.2 Å². The van der Waals surface area contributed by atoms with Gasteiger partial charge in [-0.15, -0.1) is 6.58 Å². The smallest absolute Gasteiger partial charge is 0.227 e. The van der Waals surface area contributed by atoms with Crippen molar-refractivity contribution in [1.29, 1.82) is 0 Å². The van der Waals surface area contributed by atoms with Crippen LogP contribution in [-0.2, 0) is 11.3 Å². The summed E-state index contributed by atoms with van der Waals surface area (Å²) in [5.41, 5.74) is 2.12. The van der Waals surface area contributed by atoms with E-state index in [9.17, 15) is 4.79 Å². The number of hydrogen-bond acceptors (Lipinski definition) is 3. The molecule has 6 heteroatoms. The van der Waals surface area contributed by atoms with Crippen molar-refractivity contribution in [1.82, 2.24) is 10.6 Å². The molecule has 1 aromatic carbocycles. The summed E-state index contributed by atoms with van der Waals surface area (Å²) in [6.07, 6.45) is 3.53. The third kappa shape index (κ3) is 6.46. The number of aliphatic imine (C=N–C) groups is 1. The topological polar surface area (TPSA) is 56.7 Å². The maximum atomic E-state index is 11.8. The van der Waals surface area contributed by atoms with Crippen molar-refractivity contribution in [3.8, 4) is 0 Å². The van der Waals surface area contributed by atoms with Crippen LogP contribution in [0.25, 0.3) is 0 Å². The van der Waals surface area contributed by atoms with Gasteiger partial charge in [-0.2, -0.15) is 11.8 Å². The molecule has 1 aliphatic heterocycles. The molecule has 5 nitrogen and oxygen atoms in total. The minimum absolute atomic E-state index is 0.221. The summed E-state index contributed by atoms with van der Waals surface area (Å²) in [6, 6.07) is 8.13. The van der Waals surface area contributed by atoms with E-state index >= 15 is 0 Å². The van der Waals surface area contributed by atoms with Gasteiger partial charge in [-0.05, 0) is 31.0 Å². The second-order valence-corrected chi connectivity index (χ2v) is 6.95. The highest BCUT2D eigenvalue weighted by molar-refractivity contribution is 7.99. The lowest BCUT2D eigenvalue weighted by Gasteiger charge is -2.16. The monoisotopic (exact) mass is 360 g/mol. The van der Waals surface area contributed by atoms with Gasteiger partial charge in [0.15, 0.2) is 5.96 Å². The number of thioether (sulfide) groups is 1. The molecule has 0 saturated carbocycles. The van der Waals surface area contributed by atoms with Crippen LogP contribution in [0.1, 0.15) is 25.3 Å². The second kappa shape index (κ2) is 10.8. The number of benzene rings is 1. The van der Waals surface area contributed by atoms with Crippen LogP contribution in [0.5, 0.6) is 0 Å². The maximum absolute atomic E-state index is 11.8. The Balaban J connectivity index is 1.86. The number of nitrogens with one attached hydrogen (secondary N) is 2. The van der Waals surface area contributed by atoms with E-state index in [1.54, 1.807) is 0 Å². The van der Waals surface area contributed by atoms with Crippen LogP contribution in [0.15, 0.2) is 41.9 Å².